The lowest BCUT2D eigenvalue weighted by molar-refractivity contribution is -0.0512. The van der Waals surface area contributed by atoms with Crippen molar-refractivity contribution >= 4 is 17.5 Å². The molecule has 2 N–H and O–H groups in total. The number of amides is 2. The summed E-state index contributed by atoms with van der Waals surface area (Å²) in [6, 6.07) is 10.4. The van der Waals surface area contributed by atoms with Crippen molar-refractivity contribution in [3.8, 4) is 11.5 Å². The Bertz CT molecular complexity index is 843. The lowest BCUT2D eigenvalue weighted by Gasteiger charge is -2.15. The Kier molecular flexibility index (Phi) is 7.31. The van der Waals surface area contributed by atoms with Crippen LogP contribution in [0.2, 0.25) is 0 Å². The number of halogens is 2. The fraction of sp³-hybridized carbons (Fsp3) is 0.300. The SMILES string of the molecule is CCC(C)NC(=O)c1ccccc1NC(=O)c1ccc(OC(F)F)c(OC)c1. The zero-order valence-corrected chi connectivity index (χ0v) is 15.8. The van der Waals surface area contributed by atoms with Gasteiger partial charge in [0.25, 0.3) is 11.8 Å². The van der Waals surface area contributed by atoms with E-state index in [4.69, 9.17) is 4.74 Å². The minimum atomic E-state index is -3.01. The minimum Gasteiger partial charge on any atom is -0.493 e. The Hall–Kier alpha value is -3.16. The van der Waals surface area contributed by atoms with Crippen LogP contribution in [0.5, 0.6) is 11.5 Å². The molecular formula is C20H22F2N2O4. The van der Waals surface area contributed by atoms with E-state index in [2.05, 4.69) is 15.4 Å². The van der Waals surface area contributed by atoms with E-state index in [-0.39, 0.29) is 29.0 Å². The van der Waals surface area contributed by atoms with Gasteiger partial charge in [0.15, 0.2) is 11.5 Å². The van der Waals surface area contributed by atoms with Gasteiger partial charge in [-0.1, -0.05) is 19.1 Å². The molecule has 1 atom stereocenters. The van der Waals surface area contributed by atoms with Crippen LogP contribution in [0.15, 0.2) is 42.5 Å². The van der Waals surface area contributed by atoms with Gasteiger partial charge in [0.1, 0.15) is 0 Å². The van der Waals surface area contributed by atoms with E-state index in [1.165, 1.54) is 25.3 Å². The second kappa shape index (κ2) is 9.68. The number of rotatable bonds is 8. The molecule has 0 spiro atoms. The molecule has 0 saturated carbocycles. The van der Waals surface area contributed by atoms with Gasteiger partial charge in [-0.2, -0.15) is 8.78 Å². The van der Waals surface area contributed by atoms with Crippen molar-refractivity contribution in [1.29, 1.82) is 0 Å². The summed E-state index contributed by atoms with van der Waals surface area (Å²) >= 11 is 0. The largest absolute Gasteiger partial charge is 0.493 e. The molecule has 0 aromatic heterocycles. The minimum absolute atomic E-state index is 0.00394. The first-order chi connectivity index (χ1) is 13.3. The normalized spacial score (nSPS) is 11.6. The molecule has 150 valence electrons. The van der Waals surface area contributed by atoms with E-state index in [9.17, 15) is 18.4 Å². The fourth-order valence-electron chi connectivity index (χ4n) is 2.39. The molecule has 2 aromatic rings. The smallest absolute Gasteiger partial charge is 0.387 e. The molecule has 1 unspecified atom stereocenters. The van der Waals surface area contributed by atoms with Gasteiger partial charge in [-0.15, -0.1) is 0 Å². The maximum absolute atomic E-state index is 12.6. The molecular weight excluding hydrogens is 370 g/mol. The number of benzene rings is 2. The van der Waals surface area contributed by atoms with Crippen LogP contribution in [0.1, 0.15) is 41.0 Å². The lowest BCUT2D eigenvalue weighted by Crippen LogP contribution is -2.32. The highest BCUT2D eigenvalue weighted by molar-refractivity contribution is 6.09. The molecule has 6 nitrogen and oxygen atoms in total. The van der Waals surface area contributed by atoms with Gasteiger partial charge in [-0.25, -0.2) is 0 Å². The van der Waals surface area contributed by atoms with Crippen molar-refractivity contribution in [1.82, 2.24) is 5.32 Å². The van der Waals surface area contributed by atoms with Crippen LogP contribution in [0.3, 0.4) is 0 Å². The molecule has 0 saturated heterocycles. The number of ether oxygens (including phenoxy) is 2. The average molecular weight is 392 g/mol. The Balaban J connectivity index is 2.22. The van der Waals surface area contributed by atoms with Crippen molar-refractivity contribution in [3.63, 3.8) is 0 Å². The molecule has 0 aliphatic rings. The summed E-state index contributed by atoms with van der Waals surface area (Å²) < 4.78 is 34.2. The van der Waals surface area contributed by atoms with Crippen LogP contribution in [0.25, 0.3) is 0 Å². The molecule has 0 aliphatic heterocycles. The number of carbonyl (C=O) groups is 2. The quantitative estimate of drug-likeness (QED) is 0.710. The second-order valence-corrected chi connectivity index (χ2v) is 6.03. The van der Waals surface area contributed by atoms with E-state index in [0.29, 0.717) is 11.3 Å². The summed E-state index contributed by atoms with van der Waals surface area (Å²) in [4.78, 5) is 25.0. The lowest BCUT2D eigenvalue weighted by atomic mass is 10.1. The van der Waals surface area contributed by atoms with Gasteiger partial charge in [-0.05, 0) is 43.7 Å². The van der Waals surface area contributed by atoms with E-state index < -0.39 is 12.5 Å². The summed E-state index contributed by atoms with van der Waals surface area (Å²) in [6.45, 7) is 0.825. The van der Waals surface area contributed by atoms with E-state index >= 15 is 0 Å². The number of alkyl halides is 2. The predicted octanol–water partition coefficient (Wildman–Crippen LogP) is 4.08. The summed E-state index contributed by atoms with van der Waals surface area (Å²) in [5, 5.41) is 5.51. The molecule has 2 aromatic carbocycles. The molecule has 0 heterocycles. The van der Waals surface area contributed by atoms with Crippen molar-refractivity contribution in [2.75, 3.05) is 12.4 Å². The van der Waals surface area contributed by atoms with Gasteiger partial charge in [0.05, 0.1) is 18.4 Å². The van der Waals surface area contributed by atoms with E-state index in [0.717, 1.165) is 6.42 Å². The Morgan fingerprint density at radius 3 is 2.43 bits per heavy atom. The van der Waals surface area contributed by atoms with Gasteiger partial charge >= 0.3 is 6.61 Å². The van der Waals surface area contributed by atoms with E-state index in [1.807, 2.05) is 13.8 Å². The van der Waals surface area contributed by atoms with Crippen LogP contribution in [0.4, 0.5) is 14.5 Å². The van der Waals surface area contributed by atoms with Gasteiger partial charge in [0, 0.05) is 11.6 Å². The number of carbonyl (C=O) groups excluding carboxylic acids is 2. The molecule has 0 bridgehead atoms. The summed E-state index contributed by atoms with van der Waals surface area (Å²) in [5.74, 6) is -1.01. The molecule has 2 amide bonds. The topological polar surface area (TPSA) is 76.7 Å². The number of nitrogens with one attached hydrogen (secondary N) is 2. The molecule has 0 fully saturated rings. The van der Waals surface area contributed by atoms with Gasteiger partial charge in [-0.3, -0.25) is 9.59 Å². The van der Waals surface area contributed by atoms with Crippen LogP contribution in [-0.2, 0) is 0 Å². The first kappa shape index (κ1) is 21.1. The van der Waals surface area contributed by atoms with Crippen molar-refractivity contribution < 1.29 is 27.8 Å². The molecule has 2 rings (SSSR count). The summed E-state index contributed by atoms with van der Waals surface area (Å²) in [6.07, 6.45) is 0.771. The highest BCUT2D eigenvalue weighted by Crippen LogP contribution is 2.30. The number of hydrogen-bond acceptors (Lipinski definition) is 4. The maximum Gasteiger partial charge on any atom is 0.387 e. The van der Waals surface area contributed by atoms with Crippen molar-refractivity contribution in [2.24, 2.45) is 0 Å². The molecule has 0 radical (unpaired) electrons. The number of methoxy groups -OCH3 is 1. The summed E-state index contributed by atoms with van der Waals surface area (Å²) in [5.41, 5.74) is 0.816. The number of hydrogen-bond donors (Lipinski definition) is 2. The van der Waals surface area contributed by atoms with E-state index in [1.54, 1.807) is 24.3 Å². The van der Waals surface area contributed by atoms with Crippen LogP contribution in [-0.4, -0.2) is 31.6 Å². The standard InChI is InChI=1S/C20H22F2N2O4/c1-4-12(2)23-19(26)14-7-5-6-8-15(14)24-18(25)13-9-10-16(28-20(21)22)17(11-13)27-3/h5-12,20H,4H2,1-3H3,(H,23,26)(H,24,25). The molecule has 8 heteroatoms. The van der Waals surface area contributed by atoms with Crippen LogP contribution in [0, 0.1) is 0 Å². The average Bonchev–Trinajstić information content (AvgIpc) is 2.67. The number of para-hydroxylation sites is 1. The van der Waals surface area contributed by atoms with Crippen molar-refractivity contribution in [3.05, 3.63) is 53.6 Å². The van der Waals surface area contributed by atoms with Gasteiger partial charge in [0.2, 0.25) is 0 Å². The predicted molar refractivity (Wildman–Crippen MR) is 101 cm³/mol. The maximum atomic E-state index is 12.6. The van der Waals surface area contributed by atoms with Crippen LogP contribution < -0.4 is 20.1 Å². The zero-order valence-electron chi connectivity index (χ0n) is 15.8. The van der Waals surface area contributed by atoms with Gasteiger partial charge < -0.3 is 20.1 Å². The van der Waals surface area contributed by atoms with Crippen LogP contribution >= 0.6 is 0 Å². The third kappa shape index (κ3) is 5.42. The first-order valence-electron chi connectivity index (χ1n) is 8.69. The second-order valence-electron chi connectivity index (χ2n) is 6.03. The fourth-order valence-corrected chi connectivity index (χ4v) is 2.39. The highest BCUT2D eigenvalue weighted by Gasteiger charge is 2.17. The summed E-state index contributed by atoms with van der Waals surface area (Å²) in [7, 11) is 1.28. The highest BCUT2D eigenvalue weighted by atomic mass is 19.3. The Morgan fingerprint density at radius 1 is 1.07 bits per heavy atom. The Labute approximate surface area is 161 Å². The number of anilines is 1. The molecule has 28 heavy (non-hydrogen) atoms. The Morgan fingerprint density at radius 2 is 1.79 bits per heavy atom. The first-order valence-corrected chi connectivity index (χ1v) is 8.69. The zero-order chi connectivity index (χ0) is 20.7. The third-order valence-corrected chi connectivity index (χ3v) is 4.05. The molecule has 0 aliphatic carbocycles. The van der Waals surface area contributed by atoms with Crippen molar-refractivity contribution in [2.45, 2.75) is 32.9 Å². The monoisotopic (exact) mass is 392 g/mol. The third-order valence-electron chi connectivity index (χ3n) is 4.05.